The van der Waals surface area contributed by atoms with E-state index in [9.17, 15) is 13.2 Å². The van der Waals surface area contributed by atoms with Gasteiger partial charge < -0.3 is 15.8 Å². The second kappa shape index (κ2) is 6.61. The fraction of sp³-hybridized carbons (Fsp3) is 0.857. The number of ether oxygens (including phenoxy) is 1. The van der Waals surface area contributed by atoms with Crippen LogP contribution in [-0.4, -0.2) is 46.2 Å². The van der Waals surface area contributed by atoms with Crippen molar-refractivity contribution in [1.29, 1.82) is 0 Å². The molecule has 0 aliphatic carbocycles. The number of nitrogens with two attached hydrogens (primary N) is 1. The summed E-state index contributed by atoms with van der Waals surface area (Å²) in [6, 6.07) is 0. The number of primary amides is 1. The van der Waals surface area contributed by atoms with Crippen molar-refractivity contribution in [3.8, 4) is 0 Å². The molecule has 0 spiro atoms. The quantitative estimate of drug-likeness (QED) is 0.546. The molecule has 0 saturated heterocycles. The minimum absolute atomic E-state index is 0.115. The van der Waals surface area contributed by atoms with Gasteiger partial charge in [-0.15, -0.1) is 0 Å². The molecular formula is C7H16N2O4S. The number of nitrogens with one attached hydrogen (secondary N) is 1. The van der Waals surface area contributed by atoms with Gasteiger partial charge in [0, 0.05) is 12.8 Å². The summed E-state index contributed by atoms with van der Waals surface area (Å²) in [7, 11) is -2.90. The topological polar surface area (TPSA) is 98.5 Å². The first-order valence-electron chi connectivity index (χ1n) is 4.22. The summed E-state index contributed by atoms with van der Waals surface area (Å²) < 4.78 is 25.8. The number of hydrogen-bond acceptors (Lipinski definition) is 5. The summed E-state index contributed by atoms with van der Waals surface area (Å²) in [6.07, 6.45) is 1.01. The van der Waals surface area contributed by atoms with E-state index in [0.29, 0.717) is 19.5 Å². The van der Waals surface area contributed by atoms with Gasteiger partial charge in [0.05, 0.1) is 12.4 Å². The number of rotatable bonds is 7. The number of sulfone groups is 1. The zero-order valence-corrected chi connectivity index (χ0v) is 8.97. The maximum atomic E-state index is 10.7. The monoisotopic (exact) mass is 224 g/mol. The molecule has 0 saturated carbocycles. The average Bonchev–Trinajstić information content (AvgIpc) is 2.00. The lowest BCUT2D eigenvalue weighted by molar-refractivity contribution is 0.155. The molecule has 0 aromatic rings. The standard InChI is InChI=1S/C7H16N2O4S/c1-14(11,12)6-4-9-3-2-5-13-7(8)10/h9H,2-6H2,1H3,(H2,8,10). The lowest BCUT2D eigenvalue weighted by Gasteiger charge is -2.03. The highest BCUT2D eigenvalue weighted by Crippen LogP contribution is 1.82. The van der Waals surface area contributed by atoms with Crippen LogP contribution < -0.4 is 11.1 Å². The van der Waals surface area contributed by atoms with E-state index in [-0.39, 0.29) is 12.4 Å². The second-order valence-electron chi connectivity index (χ2n) is 2.90. The van der Waals surface area contributed by atoms with Gasteiger partial charge in [-0.05, 0) is 13.0 Å². The first kappa shape index (κ1) is 13.2. The highest BCUT2D eigenvalue weighted by Gasteiger charge is 2.00. The molecule has 0 bridgehead atoms. The molecule has 14 heavy (non-hydrogen) atoms. The molecule has 0 aromatic heterocycles. The van der Waals surface area contributed by atoms with Crippen molar-refractivity contribution in [2.45, 2.75) is 6.42 Å². The zero-order valence-electron chi connectivity index (χ0n) is 8.15. The molecule has 3 N–H and O–H groups in total. The van der Waals surface area contributed by atoms with Crippen LogP contribution in [0.4, 0.5) is 4.79 Å². The first-order chi connectivity index (χ1) is 6.42. The minimum atomic E-state index is -2.90. The van der Waals surface area contributed by atoms with Crippen LogP contribution in [0, 0.1) is 0 Å². The Kier molecular flexibility index (Phi) is 6.22. The third-order valence-electron chi connectivity index (χ3n) is 1.39. The summed E-state index contributed by atoms with van der Waals surface area (Å²) in [5.41, 5.74) is 4.73. The molecule has 0 radical (unpaired) electrons. The Balaban J connectivity index is 3.19. The predicted octanol–water partition coefficient (Wildman–Crippen LogP) is -0.894. The fourth-order valence-corrected chi connectivity index (χ4v) is 1.27. The number of hydrogen-bond donors (Lipinski definition) is 2. The number of carbonyl (C=O) groups excluding carboxylic acids is 1. The molecule has 1 amide bonds. The van der Waals surface area contributed by atoms with Gasteiger partial charge in [-0.1, -0.05) is 0 Å². The Morgan fingerprint density at radius 3 is 2.57 bits per heavy atom. The van der Waals surface area contributed by atoms with Gasteiger partial charge >= 0.3 is 6.09 Å². The van der Waals surface area contributed by atoms with Crippen LogP contribution in [0.15, 0.2) is 0 Å². The van der Waals surface area contributed by atoms with Crippen molar-refractivity contribution in [3.05, 3.63) is 0 Å². The molecule has 0 aliphatic heterocycles. The van der Waals surface area contributed by atoms with Crippen LogP contribution in [0.25, 0.3) is 0 Å². The third kappa shape index (κ3) is 11.2. The van der Waals surface area contributed by atoms with Crippen LogP contribution in [-0.2, 0) is 14.6 Å². The second-order valence-corrected chi connectivity index (χ2v) is 5.16. The van der Waals surface area contributed by atoms with Crippen LogP contribution in [0.5, 0.6) is 0 Å². The predicted molar refractivity (Wildman–Crippen MR) is 52.7 cm³/mol. The highest BCUT2D eigenvalue weighted by atomic mass is 32.2. The molecule has 0 aromatic carbocycles. The van der Waals surface area contributed by atoms with Crippen LogP contribution in [0.2, 0.25) is 0 Å². The van der Waals surface area contributed by atoms with Gasteiger partial charge in [0.2, 0.25) is 0 Å². The largest absolute Gasteiger partial charge is 0.450 e. The lowest BCUT2D eigenvalue weighted by atomic mass is 10.4. The van der Waals surface area contributed by atoms with E-state index >= 15 is 0 Å². The van der Waals surface area contributed by atoms with E-state index in [0.717, 1.165) is 0 Å². The van der Waals surface area contributed by atoms with E-state index in [1.165, 1.54) is 6.26 Å². The normalized spacial score (nSPS) is 11.2. The van der Waals surface area contributed by atoms with E-state index < -0.39 is 15.9 Å². The maximum Gasteiger partial charge on any atom is 0.404 e. The summed E-state index contributed by atoms with van der Waals surface area (Å²) >= 11 is 0. The van der Waals surface area contributed by atoms with Gasteiger partial charge in [-0.2, -0.15) is 0 Å². The molecule has 0 atom stereocenters. The Morgan fingerprint density at radius 1 is 1.43 bits per heavy atom. The maximum absolute atomic E-state index is 10.7. The van der Waals surface area contributed by atoms with Crippen molar-refractivity contribution in [2.75, 3.05) is 31.7 Å². The lowest BCUT2D eigenvalue weighted by Crippen LogP contribution is -2.24. The van der Waals surface area contributed by atoms with Gasteiger partial charge in [0.15, 0.2) is 0 Å². The van der Waals surface area contributed by atoms with Crippen molar-refractivity contribution < 1.29 is 17.9 Å². The summed E-state index contributed by atoms with van der Waals surface area (Å²) in [4.78, 5) is 10.1. The molecule has 0 unspecified atom stereocenters. The highest BCUT2D eigenvalue weighted by molar-refractivity contribution is 7.90. The SMILES string of the molecule is CS(=O)(=O)CCNCCCOC(N)=O. The third-order valence-corrected chi connectivity index (χ3v) is 2.34. The molecule has 0 heterocycles. The van der Waals surface area contributed by atoms with E-state index in [2.05, 4.69) is 10.1 Å². The van der Waals surface area contributed by atoms with Gasteiger partial charge in [-0.3, -0.25) is 0 Å². The smallest absolute Gasteiger partial charge is 0.404 e. The van der Waals surface area contributed by atoms with Crippen LogP contribution in [0.1, 0.15) is 6.42 Å². The van der Waals surface area contributed by atoms with Crippen molar-refractivity contribution >= 4 is 15.9 Å². The van der Waals surface area contributed by atoms with Gasteiger partial charge in [-0.25, -0.2) is 13.2 Å². The molecule has 6 nitrogen and oxygen atoms in total. The number of carbonyl (C=O) groups is 1. The number of amides is 1. The van der Waals surface area contributed by atoms with Crippen LogP contribution in [0.3, 0.4) is 0 Å². The minimum Gasteiger partial charge on any atom is -0.450 e. The first-order valence-corrected chi connectivity index (χ1v) is 6.28. The van der Waals surface area contributed by atoms with Crippen molar-refractivity contribution in [1.82, 2.24) is 5.32 Å². The molecule has 0 rings (SSSR count). The summed E-state index contributed by atoms with van der Waals surface area (Å²) in [6.45, 7) is 1.26. The molecule has 0 fully saturated rings. The average molecular weight is 224 g/mol. The zero-order chi connectivity index (χ0) is 11.0. The summed E-state index contributed by atoms with van der Waals surface area (Å²) in [5, 5.41) is 2.90. The van der Waals surface area contributed by atoms with Gasteiger partial charge in [0.25, 0.3) is 0 Å². The van der Waals surface area contributed by atoms with E-state index in [4.69, 9.17) is 5.73 Å². The van der Waals surface area contributed by atoms with Gasteiger partial charge in [0.1, 0.15) is 9.84 Å². The Bertz CT molecular complexity index is 263. The van der Waals surface area contributed by atoms with E-state index in [1.807, 2.05) is 0 Å². The molecule has 0 aliphatic rings. The summed E-state index contributed by atoms with van der Waals surface area (Å²) in [5.74, 6) is 0.115. The Labute approximate surface area is 83.7 Å². The Hall–Kier alpha value is -0.820. The van der Waals surface area contributed by atoms with E-state index in [1.54, 1.807) is 0 Å². The van der Waals surface area contributed by atoms with Crippen molar-refractivity contribution in [3.63, 3.8) is 0 Å². The van der Waals surface area contributed by atoms with Crippen LogP contribution >= 0.6 is 0 Å². The van der Waals surface area contributed by atoms with Crippen molar-refractivity contribution in [2.24, 2.45) is 5.73 Å². The molecule has 7 heteroatoms. The molecular weight excluding hydrogens is 208 g/mol. The molecule has 84 valence electrons. The fourth-order valence-electron chi connectivity index (χ4n) is 0.752. The Morgan fingerprint density at radius 2 is 2.07 bits per heavy atom.